The van der Waals surface area contributed by atoms with E-state index in [1.54, 1.807) is 27.7 Å². The molecule has 1 aromatic heterocycles. The van der Waals surface area contributed by atoms with Crippen molar-refractivity contribution >= 4 is 16.2 Å². The molecule has 0 unspecified atom stereocenters. The normalized spacial score (nSPS) is 18.5. The molecule has 8 nitrogen and oxygen atoms in total. The Morgan fingerprint density at radius 3 is 2.35 bits per heavy atom. The molecule has 0 bridgehead atoms. The lowest BCUT2D eigenvalue weighted by Gasteiger charge is -2.34. The third-order valence-corrected chi connectivity index (χ3v) is 4.63. The molecule has 2 rings (SSSR count). The van der Waals surface area contributed by atoms with Crippen LogP contribution in [0.3, 0.4) is 0 Å². The van der Waals surface area contributed by atoms with Crippen LogP contribution in [0.5, 0.6) is 5.88 Å². The van der Waals surface area contributed by atoms with Gasteiger partial charge in [-0.15, -0.1) is 0 Å². The molecule has 0 saturated heterocycles. The zero-order valence-corrected chi connectivity index (χ0v) is 15.7. The van der Waals surface area contributed by atoms with E-state index in [9.17, 15) is 26.4 Å². The highest BCUT2D eigenvalue weighted by Crippen LogP contribution is 2.37. The van der Waals surface area contributed by atoms with Crippen molar-refractivity contribution in [2.45, 2.75) is 51.3 Å². The summed E-state index contributed by atoms with van der Waals surface area (Å²) < 4.78 is 70.8. The van der Waals surface area contributed by atoms with E-state index in [1.165, 1.54) is 11.9 Å². The van der Waals surface area contributed by atoms with E-state index in [0.717, 1.165) is 4.68 Å². The number of hydrogen-bond donors (Lipinski definition) is 0. The first-order valence-corrected chi connectivity index (χ1v) is 9.11. The zero-order chi connectivity index (χ0) is 20.1. The first-order chi connectivity index (χ1) is 11.6. The van der Waals surface area contributed by atoms with Crippen LogP contribution in [-0.4, -0.2) is 46.8 Å². The number of aromatic nitrogens is 2. The molecule has 1 amide bonds. The van der Waals surface area contributed by atoms with Crippen molar-refractivity contribution in [3.8, 4) is 5.88 Å². The monoisotopic (exact) mass is 399 g/mol. The molecule has 0 N–H and O–H groups in total. The summed E-state index contributed by atoms with van der Waals surface area (Å²) in [6, 6.07) is -0.620. The molecule has 1 aliphatic heterocycles. The van der Waals surface area contributed by atoms with Crippen LogP contribution in [0.4, 0.5) is 18.0 Å². The molecule has 0 aliphatic carbocycles. The van der Waals surface area contributed by atoms with Crippen LogP contribution in [0.15, 0.2) is 0 Å². The average Bonchev–Trinajstić information content (AvgIpc) is 2.73. The van der Waals surface area contributed by atoms with Crippen molar-refractivity contribution in [3.63, 3.8) is 0 Å². The summed E-state index contributed by atoms with van der Waals surface area (Å²) in [5.74, 6) is -0.506. The molecule has 12 heteroatoms. The van der Waals surface area contributed by atoms with Gasteiger partial charge in [-0.3, -0.25) is 4.90 Å². The van der Waals surface area contributed by atoms with Crippen molar-refractivity contribution < 1.29 is 35.3 Å². The number of amides is 1. The molecule has 1 atom stereocenters. The fraction of sp³-hybridized carbons (Fsp3) is 0.714. The van der Waals surface area contributed by atoms with Crippen LogP contribution < -0.4 is 4.18 Å². The Morgan fingerprint density at radius 1 is 1.27 bits per heavy atom. The average molecular weight is 399 g/mol. The van der Waals surface area contributed by atoms with Gasteiger partial charge < -0.3 is 8.92 Å². The summed E-state index contributed by atoms with van der Waals surface area (Å²) in [7, 11) is -4.55. The van der Waals surface area contributed by atoms with Crippen molar-refractivity contribution in [1.82, 2.24) is 14.7 Å². The van der Waals surface area contributed by atoms with E-state index in [0.29, 0.717) is 0 Å². The first-order valence-electron chi connectivity index (χ1n) is 7.70. The van der Waals surface area contributed by atoms with E-state index in [1.807, 2.05) is 0 Å². The first kappa shape index (κ1) is 20.3. The summed E-state index contributed by atoms with van der Waals surface area (Å²) in [6.45, 7) is 6.87. The van der Waals surface area contributed by atoms with Crippen LogP contribution in [-0.2, 0) is 28.3 Å². The van der Waals surface area contributed by atoms with E-state index in [-0.39, 0.29) is 24.2 Å². The van der Waals surface area contributed by atoms with Crippen LogP contribution in [0.2, 0.25) is 0 Å². The molecule has 1 aliphatic rings. The lowest BCUT2D eigenvalue weighted by molar-refractivity contribution is -0.0502. The molecule has 0 radical (unpaired) electrons. The second-order valence-corrected chi connectivity index (χ2v) is 8.41. The number of aryl methyl sites for hydroxylation is 1. The predicted octanol–water partition coefficient (Wildman–Crippen LogP) is 2.50. The maximum absolute atomic E-state index is 12.6. The minimum Gasteiger partial charge on any atom is -0.444 e. The number of fused-ring (bicyclic) bond motifs is 1. The number of halogens is 3. The topological polar surface area (TPSA) is 90.7 Å². The second kappa shape index (κ2) is 6.32. The predicted molar refractivity (Wildman–Crippen MR) is 83.9 cm³/mol. The maximum Gasteiger partial charge on any atom is 0.534 e. The fourth-order valence-corrected chi connectivity index (χ4v) is 3.05. The number of ether oxygens (including phenoxy) is 1. The fourth-order valence-electron chi connectivity index (χ4n) is 2.54. The summed E-state index contributed by atoms with van der Waals surface area (Å²) in [5, 5.41) is 4.04. The SMILES string of the molecule is C[C@H]1c2nn(C)c(OS(=O)(=O)C(F)(F)F)c2CCN1C(=O)OC(C)(C)C. The Labute approximate surface area is 149 Å². The highest BCUT2D eigenvalue weighted by molar-refractivity contribution is 7.87. The van der Waals surface area contributed by atoms with E-state index in [4.69, 9.17) is 4.74 Å². The highest BCUT2D eigenvalue weighted by Gasteiger charge is 2.50. The largest absolute Gasteiger partial charge is 0.534 e. The Kier molecular flexibility index (Phi) is 4.94. The molecule has 1 aromatic rings. The van der Waals surface area contributed by atoms with Gasteiger partial charge in [0.25, 0.3) is 0 Å². The van der Waals surface area contributed by atoms with Crippen LogP contribution >= 0.6 is 0 Å². The number of alkyl halides is 3. The van der Waals surface area contributed by atoms with Crippen molar-refractivity contribution in [3.05, 3.63) is 11.3 Å². The Balaban J connectivity index is 2.33. The lowest BCUT2D eigenvalue weighted by atomic mass is 10.0. The summed E-state index contributed by atoms with van der Waals surface area (Å²) in [4.78, 5) is 13.7. The smallest absolute Gasteiger partial charge is 0.444 e. The quantitative estimate of drug-likeness (QED) is 0.561. The summed E-state index contributed by atoms with van der Waals surface area (Å²) in [5.41, 5.74) is -5.78. The molecule has 0 aromatic carbocycles. The molecule has 2 heterocycles. The second-order valence-electron chi connectivity index (χ2n) is 6.88. The number of carbonyl (C=O) groups is 1. The number of carbonyl (C=O) groups excluding carboxylic acids is 1. The summed E-state index contributed by atoms with van der Waals surface area (Å²) in [6.07, 6.45) is -0.512. The molecule has 0 fully saturated rings. The van der Waals surface area contributed by atoms with Gasteiger partial charge in [-0.2, -0.15) is 26.7 Å². The molecule has 0 spiro atoms. The van der Waals surface area contributed by atoms with E-state index >= 15 is 0 Å². The van der Waals surface area contributed by atoms with Gasteiger partial charge in [-0.25, -0.2) is 9.48 Å². The van der Waals surface area contributed by atoms with Crippen molar-refractivity contribution in [1.29, 1.82) is 0 Å². The van der Waals surface area contributed by atoms with Crippen LogP contribution in [0.25, 0.3) is 0 Å². The van der Waals surface area contributed by atoms with Gasteiger partial charge in [-0.1, -0.05) is 0 Å². The number of nitrogens with zero attached hydrogens (tertiary/aromatic N) is 3. The number of hydrogen-bond acceptors (Lipinski definition) is 6. The summed E-state index contributed by atoms with van der Waals surface area (Å²) >= 11 is 0. The third-order valence-electron chi connectivity index (χ3n) is 3.69. The van der Waals surface area contributed by atoms with Gasteiger partial charge in [0.2, 0.25) is 5.88 Å². The third kappa shape index (κ3) is 3.89. The Morgan fingerprint density at radius 2 is 1.85 bits per heavy atom. The molecule has 148 valence electrons. The van der Waals surface area contributed by atoms with Gasteiger partial charge in [0.15, 0.2) is 0 Å². The molecular weight excluding hydrogens is 379 g/mol. The highest BCUT2D eigenvalue weighted by atomic mass is 32.2. The van der Waals surface area contributed by atoms with Crippen LogP contribution in [0, 0.1) is 0 Å². The van der Waals surface area contributed by atoms with E-state index in [2.05, 4.69) is 9.28 Å². The molecule has 26 heavy (non-hydrogen) atoms. The zero-order valence-electron chi connectivity index (χ0n) is 14.9. The number of rotatable bonds is 2. The lowest BCUT2D eigenvalue weighted by Crippen LogP contribution is -2.42. The Hall–Kier alpha value is -1.98. The molecular formula is C14H20F3N3O5S. The maximum atomic E-state index is 12.6. The minimum absolute atomic E-state index is 0.0788. The molecule has 0 saturated carbocycles. The van der Waals surface area contributed by atoms with Gasteiger partial charge in [0, 0.05) is 19.2 Å². The standard InChI is InChI=1S/C14H20F3N3O5S/c1-8-10-9(6-7-20(8)12(21)24-13(2,3)4)11(19(5)18-10)25-26(22,23)14(15,16)17/h8H,6-7H2,1-5H3/t8-/m0/s1. The van der Waals surface area contributed by atoms with Gasteiger partial charge in [0.05, 0.1) is 11.7 Å². The van der Waals surface area contributed by atoms with Gasteiger partial charge in [0.1, 0.15) is 5.60 Å². The van der Waals surface area contributed by atoms with Crippen molar-refractivity contribution in [2.24, 2.45) is 7.05 Å². The Bertz CT molecular complexity index is 811. The van der Waals surface area contributed by atoms with Gasteiger partial charge >= 0.3 is 21.7 Å². The van der Waals surface area contributed by atoms with E-state index < -0.39 is 39.2 Å². The van der Waals surface area contributed by atoms with Crippen molar-refractivity contribution in [2.75, 3.05) is 6.54 Å². The van der Waals surface area contributed by atoms with Gasteiger partial charge in [-0.05, 0) is 34.1 Å². The van der Waals surface area contributed by atoms with Crippen LogP contribution in [0.1, 0.15) is 45.0 Å². The minimum atomic E-state index is -5.81.